The molecule has 0 aliphatic carbocycles. The molecule has 2 aromatic carbocycles. The first-order valence-corrected chi connectivity index (χ1v) is 10.2. The molecule has 0 radical (unpaired) electrons. The lowest BCUT2D eigenvalue weighted by molar-refractivity contribution is 0.101. The summed E-state index contributed by atoms with van der Waals surface area (Å²) in [6.45, 7) is 5.19. The van der Waals surface area contributed by atoms with Crippen molar-refractivity contribution in [3.63, 3.8) is 0 Å². The zero-order valence-electron chi connectivity index (χ0n) is 16.9. The number of nitrogens with one attached hydrogen (secondary N) is 3. The van der Waals surface area contributed by atoms with E-state index < -0.39 is 0 Å². The number of nitrogens with zero attached hydrogens (tertiary/aromatic N) is 1. The third-order valence-electron chi connectivity index (χ3n) is 4.02. The van der Waals surface area contributed by atoms with E-state index in [1.165, 1.54) is 6.92 Å². The Kier molecular flexibility index (Phi) is 6.58. The molecule has 0 saturated heterocycles. The number of hydrogen-bond donors (Lipinski definition) is 3. The Bertz CT molecular complexity index is 1080. The number of carbonyl (C=O) groups excluding carboxylic acids is 3. The highest BCUT2D eigenvalue weighted by Crippen LogP contribution is 2.31. The normalized spacial score (nSPS) is 10.5. The summed E-state index contributed by atoms with van der Waals surface area (Å²) in [6, 6.07) is 15.6. The van der Waals surface area contributed by atoms with Gasteiger partial charge in [-0.3, -0.25) is 14.9 Å². The van der Waals surface area contributed by atoms with Gasteiger partial charge in [-0.05, 0) is 32.0 Å². The predicted molar refractivity (Wildman–Crippen MR) is 119 cm³/mol. The summed E-state index contributed by atoms with van der Waals surface area (Å²) < 4.78 is 0. The van der Waals surface area contributed by atoms with Crippen LogP contribution < -0.4 is 16.0 Å². The van der Waals surface area contributed by atoms with Gasteiger partial charge in [0.15, 0.2) is 10.9 Å². The maximum absolute atomic E-state index is 12.7. The maximum atomic E-state index is 12.7. The quantitative estimate of drug-likeness (QED) is 0.497. The number of benzene rings is 2. The molecule has 0 spiro atoms. The van der Waals surface area contributed by atoms with Crippen molar-refractivity contribution in [3.8, 4) is 11.3 Å². The van der Waals surface area contributed by atoms with Gasteiger partial charge >= 0.3 is 6.03 Å². The number of anilines is 2. The van der Waals surface area contributed by atoms with Crippen LogP contribution in [0.1, 0.15) is 40.8 Å². The van der Waals surface area contributed by atoms with Gasteiger partial charge in [0.05, 0.1) is 10.6 Å². The van der Waals surface area contributed by atoms with Gasteiger partial charge in [0, 0.05) is 29.8 Å². The highest BCUT2D eigenvalue weighted by atomic mass is 32.1. The molecule has 0 unspecified atom stereocenters. The molecule has 3 aromatic rings. The van der Waals surface area contributed by atoms with Crippen molar-refractivity contribution in [1.29, 1.82) is 0 Å². The number of ketones is 1. The molecule has 3 rings (SSSR count). The molecule has 7 nitrogen and oxygen atoms in total. The second kappa shape index (κ2) is 9.32. The van der Waals surface area contributed by atoms with Gasteiger partial charge in [0.25, 0.3) is 5.91 Å². The second-order valence-corrected chi connectivity index (χ2v) is 7.91. The Morgan fingerprint density at radius 3 is 2.37 bits per heavy atom. The van der Waals surface area contributed by atoms with Crippen molar-refractivity contribution in [2.45, 2.75) is 26.8 Å². The lowest BCUT2D eigenvalue weighted by Crippen LogP contribution is -2.34. The fraction of sp³-hybridized carbons (Fsp3) is 0.182. The molecule has 0 aliphatic rings. The minimum absolute atomic E-state index is 0.00401. The van der Waals surface area contributed by atoms with E-state index in [4.69, 9.17) is 0 Å². The van der Waals surface area contributed by atoms with Crippen molar-refractivity contribution in [2.75, 3.05) is 10.6 Å². The Hall–Kier alpha value is -3.52. The molecule has 0 fully saturated rings. The van der Waals surface area contributed by atoms with E-state index in [1.54, 1.807) is 24.3 Å². The van der Waals surface area contributed by atoms with Crippen molar-refractivity contribution in [3.05, 3.63) is 65.0 Å². The van der Waals surface area contributed by atoms with E-state index in [2.05, 4.69) is 20.9 Å². The first kappa shape index (κ1) is 21.2. The van der Waals surface area contributed by atoms with Crippen molar-refractivity contribution < 1.29 is 14.4 Å². The summed E-state index contributed by atoms with van der Waals surface area (Å²) >= 11 is 1.13. The molecule has 1 heterocycles. The Balaban J connectivity index is 1.79. The van der Waals surface area contributed by atoms with Gasteiger partial charge in [-0.1, -0.05) is 47.7 Å². The van der Waals surface area contributed by atoms with Crippen molar-refractivity contribution >= 4 is 39.9 Å². The van der Waals surface area contributed by atoms with E-state index in [-0.39, 0.29) is 23.8 Å². The summed E-state index contributed by atoms with van der Waals surface area (Å²) in [6.07, 6.45) is 0. The lowest BCUT2D eigenvalue weighted by atomic mass is 10.1. The molecule has 3 N–H and O–H groups in total. The van der Waals surface area contributed by atoms with Crippen LogP contribution in [0, 0.1) is 0 Å². The minimum Gasteiger partial charge on any atom is -0.336 e. The topological polar surface area (TPSA) is 100 Å². The molecular weight excluding hydrogens is 400 g/mol. The fourth-order valence-electron chi connectivity index (χ4n) is 2.74. The molecular formula is C22H22N4O3S. The standard InChI is InChI=1S/C22H22N4O3S/c1-13(2)23-21(29)24-17-11-7-10-16(12-17)20(28)26-22-25-18(19(30-22)14(3)27)15-8-5-4-6-9-15/h4-13H,1-3H3,(H2,23,24,29)(H,25,26,28). The summed E-state index contributed by atoms with van der Waals surface area (Å²) in [4.78, 5) is 41.6. The number of thiazole rings is 1. The van der Waals surface area contributed by atoms with E-state index >= 15 is 0 Å². The third kappa shape index (κ3) is 5.30. The van der Waals surface area contributed by atoms with Crippen LogP contribution in [-0.4, -0.2) is 28.7 Å². The molecule has 1 aromatic heterocycles. The monoisotopic (exact) mass is 422 g/mol. The molecule has 30 heavy (non-hydrogen) atoms. The van der Waals surface area contributed by atoms with Gasteiger partial charge in [-0.15, -0.1) is 0 Å². The van der Waals surface area contributed by atoms with E-state index in [1.807, 2.05) is 44.2 Å². The Morgan fingerprint density at radius 1 is 0.967 bits per heavy atom. The molecule has 0 atom stereocenters. The van der Waals surface area contributed by atoms with Crippen LogP contribution in [0.25, 0.3) is 11.3 Å². The smallest absolute Gasteiger partial charge is 0.319 e. The zero-order valence-corrected chi connectivity index (χ0v) is 17.7. The van der Waals surface area contributed by atoms with Crippen molar-refractivity contribution in [1.82, 2.24) is 10.3 Å². The SMILES string of the molecule is CC(=O)c1sc(NC(=O)c2cccc(NC(=O)NC(C)C)c2)nc1-c1ccccc1. The lowest BCUT2D eigenvalue weighted by Gasteiger charge is -2.11. The average Bonchev–Trinajstić information content (AvgIpc) is 3.12. The van der Waals surface area contributed by atoms with Gasteiger partial charge in [0.2, 0.25) is 0 Å². The number of carbonyl (C=O) groups is 3. The predicted octanol–water partition coefficient (Wildman–Crippen LogP) is 4.79. The minimum atomic E-state index is -0.383. The highest BCUT2D eigenvalue weighted by molar-refractivity contribution is 7.18. The third-order valence-corrected chi connectivity index (χ3v) is 5.09. The van der Waals surface area contributed by atoms with Gasteiger partial charge in [-0.25, -0.2) is 9.78 Å². The number of amides is 3. The summed E-state index contributed by atoms with van der Waals surface area (Å²) in [7, 11) is 0. The number of hydrogen-bond acceptors (Lipinski definition) is 5. The number of aromatic nitrogens is 1. The van der Waals surface area contributed by atoms with Crippen LogP contribution in [0.2, 0.25) is 0 Å². The van der Waals surface area contributed by atoms with Crippen LogP contribution in [0.15, 0.2) is 54.6 Å². The number of urea groups is 1. The zero-order chi connectivity index (χ0) is 21.7. The molecule has 0 bridgehead atoms. The second-order valence-electron chi connectivity index (χ2n) is 6.91. The first-order valence-electron chi connectivity index (χ1n) is 9.39. The van der Waals surface area contributed by atoms with E-state index in [0.29, 0.717) is 27.0 Å². The van der Waals surface area contributed by atoms with Crippen molar-refractivity contribution in [2.24, 2.45) is 0 Å². The average molecular weight is 423 g/mol. The fourth-order valence-corrected chi connectivity index (χ4v) is 3.62. The molecule has 0 saturated carbocycles. The van der Waals surface area contributed by atoms with Crippen LogP contribution in [0.5, 0.6) is 0 Å². The van der Waals surface area contributed by atoms with Crippen LogP contribution in [-0.2, 0) is 0 Å². The summed E-state index contributed by atoms with van der Waals surface area (Å²) in [5.41, 5.74) is 2.21. The molecule has 3 amide bonds. The largest absolute Gasteiger partial charge is 0.336 e. The van der Waals surface area contributed by atoms with Crippen LogP contribution >= 0.6 is 11.3 Å². The van der Waals surface area contributed by atoms with E-state index in [9.17, 15) is 14.4 Å². The molecule has 154 valence electrons. The number of rotatable bonds is 6. The van der Waals surface area contributed by atoms with Crippen LogP contribution in [0.3, 0.4) is 0 Å². The van der Waals surface area contributed by atoms with Gasteiger partial charge < -0.3 is 10.6 Å². The Labute approximate surface area is 178 Å². The van der Waals surface area contributed by atoms with Crippen LogP contribution in [0.4, 0.5) is 15.6 Å². The summed E-state index contributed by atoms with van der Waals surface area (Å²) in [5, 5.41) is 8.50. The van der Waals surface area contributed by atoms with Gasteiger partial charge in [-0.2, -0.15) is 0 Å². The summed E-state index contributed by atoms with van der Waals surface area (Å²) in [5.74, 6) is -0.499. The number of Topliss-reactive ketones (excluding diaryl/α,β-unsaturated/α-hetero) is 1. The maximum Gasteiger partial charge on any atom is 0.319 e. The molecule has 8 heteroatoms. The Morgan fingerprint density at radius 2 is 1.70 bits per heavy atom. The van der Waals surface area contributed by atoms with E-state index in [0.717, 1.165) is 16.9 Å². The molecule has 0 aliphatic heterocycles. The highest BCUT2D eigenvalue weighted by Gasteiger charge is 2.18. The van der Waals surface area contributed by atoms with Gasteiger partial charge in [0.1, 0.15) is 0 Å². The first-order chi connectivity index (χ1) is 14.3.